The van der Waals surface area contributed by atoms with Crippen LogP contribution >= 0.6 is 0 Å². The van der Waals surface area contributed by atoms with Gasteiger partial charge in [0.15, 0.2) is 0 Å². The van der Waals surface area contributed by atoms with Gasteiger partial charge in [-0.25, -0.2) is 0 Å². The van der Waals surface area contributed by atoms with E-state index in [9.17, 15) is 9.59 Å². The number of carbonyl (C=O) groups excluding carboxylic acids is 2. The molecule has 1 heterocycles. The monoisotopic (exact) mass is 594 g/mol. The highest BCUT2D eigenvalue weighted by Crippen LogP contribution is 2.17. The Morgan fingerprint density at radius 1 is 0.548 bits per heavy atom. The van der Waals surface area contributed by atoms with Crippen LogP contribution in [0.15, 0.2) is 0 Å². The van der Waals surface area contributed by atoms with Crippen LogP contribution in [0.5, 0.6) is 0 Å². The third kappa shape index (κ3) is 23.4. The van der Waals surface area contributed by atoms with Gasteiger partial charge in [-0.3, -0.25) is 9.59 Å². The first kappa shape index (κ1) is 38.9. The Hall–Kier alpha value is -1.10. The van der Waals surface area contributed by atoms with E-state index in [-0.39, 0.29) is 18.0 Å². The highest BCUT2D eigenvalue weighted by atomic mass is 16.6. The van der Waals surface area contributed by atoms with Crippen LogP contribution in [0.4, 0.5) is 0 Å². The lowest BCUT2D eigenvalue weighted by molar-refractivity contribution is -0.156. The molecule has 1 fully saturated rings. The highest BCUT2D eigenvalue weighted by molar-refractivity contribution is 5.78. The van der Waals surface area contributed by atoms with E-state index in [2.05, 4.69) is 19.2 Å². The highest BCUT2D eigenvalue weighted by Gasteiger charge is 2.36. The number of rotatable bonds is 31. The van der Waals surface area contributed by atoms with E-state index in [1.54, 1.807) is 0 Å². The molecular weight excluding hydrogens is 522 g/mol. The number of ether oxygens (including phenoxy) is 2. The molecule has 248 valence electrons. The summed E-state index contributed by atoms with van der Waals surface area (Å²) in [5.74, 6) is -0.433. The van der Waals surface area contributed by atoms with Gasteiger partial charge in [0.1, 0.15) is 12.1 Å². The van der Waals surface area contributed by atoms with Crippen molar-refractivity contribution in [2.45, 2.75) is 212 Å². The summed E-state index contributed by atoms with van der Waals surface area (Å²) in [5.41, 5.74) is 0. The molecule has 0 aromatic rings. The molecule has 1 saturated heterocycles. The minimum atomic E-state index is -0.507. The molecule has 0 spiro atoms. The van der Waals surface area contributed by atoms with E-state index < -0.39 is 6.04 Å². The topological polar surface area (TPSA) is 64.6 Å². The number of unbranched alkanes of at least 4 members (excludes halogenated alkanes) is 25. The Morgan fingerprint density at radius 3 is 1.36 bits per heavy atom. The first-order chi connectivity index (χ1) is 20.7. The normalized spacial score (nSPS) is 16.6. The van der Waals surface area contributed by atoms with Gasteiger partial charge in [-0.1, -0.05) is 174 Å². The average Bonchev–Trinajstić information content (AvgIpc) is 3.45. The fourth-order valence-corrected chi connectivity index (χ4v) is 6.12. The number of nitrogens with one attached hydrogen (secondary N) is 1. The van der Waals surface area contributed by atoms with Crippen molar-refractivity contribution >= 4 is 11.9 Å². The SMILES string of the molecule is CCCCCCCCCCCCCCCCOC(=O)[C@H]1NCCC1OC(=O)CCCCCCCCCCCCCCC. The quantitative estimate of drug-likeness (QED) is 0.0640. The van der Waals surface area contributed by atoms with Gasteiger partial charge in [0, 0.05) is 6.42 Å². The van der Waals surface area contributed by atoms with Gasteiger partial charge in [-0.2, -0.15) is 0 Å². The molecule has 0 aliphatic carbocycles. The second kappa shape index (κ2) is 29.9. The van der Waals surface area contributed by atoms with Gasteiger partial charge in [0.2, 0.25) is 0 Å². The first-order valence-electron chi connectivity index (χ1n) is 18.8. The van der Waals surface area contributed by atoms with Gasteiger partial charge in [-0.05, 0) is 25.8 Å². The molecule has 1 rings (SSSR count). The molecule has 0 radical (unpaired) electrons. The summed E-state index contributed by atoms with van der Waals surface area (Å²) in [6.07, 6.45) is 35.9. The van der Waals surface area contributed by atoms with Crippen LogP contribution in [0, 0.1) is 0 Å². The third-order valence-corrected chi connectivity index (χ3v) is 8.93. The lowest BCUT2D eigenvalue weighted by atomic mass is 10.0. The largest absolute Gasteiger partial charge is 0.464 e. The van der Waals surface area contributed by atoms with Gasteiger partial charge < -0.3 is 14.8 Å². The van der Waals surface area contributed by atoms with Crippen molar-refractivity contribution in [1.29, 1.82) is 0 Å². The van der Waals surface area contributed by atoms with E-state index in [0.29, 0.717) is 26.0 Å². The van der Waals surface area contributed by atoms with Crippen LogP contribution in [0.1, 0.15) is 200 Å². The summed E-state index contributed by atoms with van der Waals surface area (Å²) < 4.78 is 11.2. The Morgan fingerprint density at radius 2 is 0.929 bits per heavy atom. The minimum absolute atomic E-state index is 0.170. The molecule has 1 aliphatic rings. The Balaban J connectivity index is 1.93. The molecule has 2 atom stereocenters. The molecule has 1 N–H and O–H groups in total. The second-order valence-corrected chi connectivity index (χ2v) is 13.0. The van der Waals surface area contributed by atoms with E-state index in [0.717, 1.165) is 25.7 Å². The summed E-state index contributed by atoms with van der Waals surface area (Å²) in [6, 6.07) is -0.507. The predicted molar refractivity (Wildman–Crippen MR) is 178 cm³/mol. The molecular formula is C37H71NO4. The van der Waals surface area contributed by atoms with Gasteiger partial charge >= 0.3 is 11.9 Å². The fraction of sp³-hybridized carbons (Fsp3) is 0.946. The lowest BCUT2D eigenvalue weighted by Gasteiger charge is -2.19. The van der Waals surface area contributed by atoms with Crippen molar-refractivity contribution in [2.24, 2.45) is 0 Å². The van der Waals surface area contributed by atoms with Gasteiger partial charge in [0.25, 0.3) is 0 Å². The summed E-state index contributed by atoms with van der Waals surface area (Å²) >= 11 is 0. The van der Waals surface area contributed by atoms with Crippen molar-refractivity contribution in [3.63, 3.8) is 0 Å². The van der Waals surface area contributed by atoms with Crippen molar-refractivity contribution in [2.75, 3.05) is 13.2 Å². The number of esters is 2. The maximum atomic E-state index is 12.6. The van der Waals surface area contributed by atoms with Crippen molar-refractivity contribution in [3.05, 3.63) is 0 Å². The third-order valence-electron chi connectivity index (χ3n) is 8.93. The van der Waals surface area contributed by atoms with Crippen LogP contribution in [0.2, 0.25) is 0 Å². The smallest absolute Gasteiger partial charge is 0.327 e. The minimum Gasteiger partial charge on any atom is -0.464 e. The van der Waals surface area contributed by atoms with Crippen LogP contribution in [0.25, 0.3) is 0 Å². The Labute approximate surface area is 261 Å². The second-order valence-electron chi connectivity index (χ2n) is 13.0. The molecule has 0 aromatic carbocycles. The summed E-state index contributed by atoms with van der Waals surface area (Å²) in [4.78, 5) is 25.0. The maximum Gasteiger partial charge on any atom is 0.327 e. The van der Waals surface area contributed by atoms with Crippen LogP contribution < -0.4 is 5.32 Å². The van der Waals surface area contributed by atoms with Gasteiger partial charge in [-0.15, -0.1) is 0 Å². The Bertz CT molecular complexity index is 611. The molecule has 0 aromatic heterocycles. The van der Waals surface area contributed by atoms with Crippen LogP contribution in [0.3, 0.4) is 0 Å². The summed E-state index contributed by atoms with van der Waals surface area (Å²) in [5, 5.41) is 3.18. The molecule has 5 nitrogen and oxygen atoms in total. The zero-order valence-electron chi connectivity index (χ0n) is 28.2. The molecule has 0 amide bonds. The summed E-state index contributed by atoms with van der Waals surface area (Å²) in [7, 11) is 0. The summed E-state index contributed by atoms with van der Waals surface area (Å²) in [6.45, 7) is 5.70. The molecule has 5 heteroatoms. The van der Waals surface area contributed by atoms with Crippen LogP contribution in [-0.4, -0.2) is 37.2 Å². The maximum absolute atomic E-state index is 12.6. The fourth-order valence-electron chi connectivity index (χ4n) is 6.12. The van der Waals surface area contributed by atoms with Crippen LogP contribution in [-0.2, 0) is 19.1 Å². The molecule has 1 unspecified atom stereocenters. The number of hydrogen-bond donors (Lipinski definition) is 1. The molecule has 42 heavy (non-hydrogen) atoms. The zero-order chi connectivity index (χ0) is 30.4. The standard InChI is InChI=1S/C37H71NO4/c1-3-5-7-9-11-13-15-17-19-21-23-25-27-29-33-41-37(40)36-34(31-32-38-36)42-35(39)30-28-26-24-22-20-18-16-14-12-10-8-6-4-2/h34,36,38H,3-33H2,1-2H3/t34?,36-/m0/s1. The lowest BCUT2D eigenvalue weighted by Crippen LogP contribution is -2.42. The molecule has 1 aliphatic heterocycles. The number of carbonyl (C=O) groups is 2. The zero-order valence-corrected chi connectivity index (χ0v) is 28.2. The van der Waals surface area contributed by atoms with E-state index in [4.69, 9.17) is 9.47 Å². The predicted octanol–water partition coefficient (Wildman–Crippen LogP) is 10.8. The average molecular weight is 594 g/mol. The molecule has 0 bridgehead atoms. The van der Waals surface area contributed by atoms with E-state index in [1.807, 2.05) is 0 Å². The first-order valence-corrected chi connectivity index (χ1v) is 18.8. The molecule has 0 saturated carbocycles. The Kier molecular flexibility index (Phi) is 27.8. The van der Waals surface area contributed by atoms with Gasteiger partial charge in [0.05, 0.1) is 6.61 Å². The van der Waals surface area contributed by atoms with E-state index >= 15 is 0 Å². The van der Waals surface area contributed by atoms with Crippen molar-refractivity contribution < 1.29 is 19.1 Å². The van der Waals surface area contributed by atoms with Crippen molar-refractivity contribution in [3.8, 4) is 0 Å². The van der Waals surface area contributed by atoms with Crippen molar-refractivity contribution in [1.82, 2.24) is 5.32 Å². The van der Waals surface area contributed by atoms with E-state index in [1.165, 1.54) is 148 Å². The number of hydrogen-bond acceptors (Lipinski definition) is 5.